The van der Waals surface area contributed by atoms with Crippen molar-refractivity contribution in [3.05, 3.63) is 108 Å². The van der Waals surface area contributed by atoms with Crippen molar-refractivity contribution in [2.75, 3.05) is 5.32 Å². The van der Waals surface area contributed by atoms with E-state index in [-0.39, 0.29) is 5.91 Å². The molecule has 1 N–H and O–H groups in total. The molecule has 0 aliphatic rings. The molecule has 4 aromatic carbocycles. The molecule has 0 spiro atoms. The first kappa shape index (κ1) is 22.8. The average Bonchev–Trinajstić information content (AvgIpc) is 2.87. The Morgan fingerprint density at radius 2 is 1.31 bits per heavy atom. The molecule has 174 valence electrons. The van der Waals surface area contributed by atoms with Crippen LogP contribution in [-0.4, -0.2) is 10.9 Å². The number of rotatable bonds is 5. The first-order valence-corrected chi connectivity index (χ1v) is 12.3. The van der Waals surface area contributed by atoms with Crippen LogP contribution in [0, 0.1) is 0 Å². The number of anilines is 1. The van der Waals surface area contributed by atoms with E-state index in [2.05, 4.69) is 87.6 Å². The minimum absolute atomic E-state index is 0.131. The van der Waals surface area contributed by atoms with Crippen molar-refractivity contribution in [3.63, 3.8) is 0 Å². The van der Waals surface area contributed by atoms with Crippen LogP contribution in [0.25, 0.3) is 32.9 Å². The monoisotopic (exact) mass is 458 g/mol. The van der Waals surface area contributed by atoms with Gasteiger partial charge in [-0.1, -0.05) is 107 Å². The number of benzene rings is 4. The van der Waals surface area contributed by atoms with Crippen molar-refractivity contribution < 1.29 is 4.79 Å². The number of pyridine rings is 1. The van der Waals surface area contributed by atoms with Crippen LogP contribution in [0.15, 0.2) is 91.0 Å². The van der Waals surface area contributed by atoms with Gasteiger partial charge in [0.25, 0.3) is 5.91 Å². The molecule has 35 heavy (non-hydrogen) atoms. The van der Waals surface area contributed by atoms with E-state index in [0.717, 1.165) is 38.8 Å². The predicted octanol–water partition coefficient (Wildman–Crippen LogP) is 8.55. The van der Waals surface area contributed by atoms with Gasteiger partial charge in [-0.15, -0.1) is 0 Å². The van der Waals surface area contributed by atoms with Crippen LogP contribution in [0.2, 0.25) is 0 Å². The number of amides is 1. The van der Waals surface area contributed by atoms with Crippen molar-refractivity contribution in [1.82, 2.24) is 4.98 Å². The van der Waals surface area contributed by atoms with Gasteiger partial charge in [0, 0.05) is 16.6 Å². The number of hydrogen-bond acceptors (Lipinski definition) is 2. The van der Waals surface area contributed by atoms with E-state index in [0.29, 0.717) is 22.9 Å². The molecule has 0 unspecified atom stereocenters. The molecule has 0 saturated carbocycles. The van der Waals surface area contributed by atoms with Crippen molar-refractivity contribution in [1.29, 1.82) is 0 Å². The van der Waals surface area contributed by atoms with E-state index in [4.69, 9.17) is 4.98 Å². The minimum Gasteiger partial charge on any atom is -0.321 e. The highest BCUT2D eigenvalue weighted by atomic mass is 16.1. The number of aromatic nitrogens is 1. The third kappa shape index (κ3) is 4.30. The number of hydrogen-bond donors (Lipinski definition) is 1. The van der Waals surface area contributed by atoms with Crippen LogP contribution in [0.3, 0.4) is 0 Å². The van der Waals surface area contributed by atoms with E-state index in [9.17, 15) is 4.79 Å². The van der Waals surface area contributed by atoms with Gasteiger partial charge in [-0.05, 0) is 45.9 Å². The van der Waals surface area contributed by atoms with Gasteiger partial charge >= 0.3 is 0 Å². The Balaban J connectivity index is 1.61. The highest BCUT2D eigenvalue weighted by Gasteiger charge is 2.19. The van der Waals surface area contributed by atoms with Crippen LogP contribution in [0.5, 0.6) is 0 Å². The number of carbonyl (C=O) groups excluding carboxylic acids is 1. The summed E-state index contributed by atoms with van der Waals surface area (Å²) < 4.78 is 0. The molecule has 0 radical (unpaired) electrons. The quantitative estimate of drug-likeness (QED) is 0.287. The van der Waals surface area contributed by atoms with E-state index in [1.54, 1.807) is 0 Å². The molecule has 0 aliphatic carbocycles. The Bertz CT molecular complexity index is 1520. The van der Waals surface area contributed by atoms with Crippen molar-refractivity contribution >= 4 is 33.3 Å². The standard InChI is InChI=1S/C32H30N2O/c1-20(2)24-14-9-15-25(21(3)4)31(24)34-32(35)28-17-8-12-23-18-19-29(33-30(23)28)27-16-7-11-22-10-5-6-13-26(22)27/h5-21H,1-4H3,(H,34,35). The second-order valence-electron chi connectivity index (χ2n) is 9.68. The maximum absolute atomic E-state index is 13.7. The molecular weight excluding hydrogens is 428 g/mol. The van der Waals surface area contributed by atoms with Gasteiger partial charge < -0.3 is 5.32 Å². The molecule has 1 aromatic heterocycles. The van der Waals surface area contributed by atoms with E-state index in [1.165, 1.54) is 5.39 Å². The number of carbonyl (C=O) groups is 1. The highest BCUT2D eigenvalue weighted by molar-refractivity contribution is 6.13. The highest BCUT2D eigenvalue weighted by Crippen LogP contribution is 2.34. The second kappa shape index (κ2) is 9.34. The zero-order valence-electron chi connectivity index (χ0n) is 20.7. The third-order valence-electron chi connectivity index (χ3n) is 6.64. The second-order valence-corrected chi connectivity index (χ2v) is 9.68. The first-order valence-electron chi connectivity index (χ1n) is 12.3. The summed E-state index contributed by atoms with van der Waals surface area (Å²) in [5.41, 5.74) is 6.43. The Morgan fingerprint density at radius 1 is 0.686 bits per heavy atom. The predicted molar refractivity (Wildman–Crippen MR) is 147 cm³/mol. The fraction of sp³-hybridized carbons (Fsp3) is 0.188. The zero-order valence-corrected chi connectivity index (χ0v) is 20.7. The summed E-state index contributed by atoms with van der Waals surface area (Å²) in [5, 5.41) is 6.53. The van der Waals surface area contributed by atoms with Gasteiger partial charge in [-0.2, -0.15) is 0 Å². The number of nitrogens with zero attached hydrogens (tertiary/aromatic N) is 1. The van der Waals surface area contributed by atoms with Crippen LogP contribution >= 0.6 is 0 Å². The average molecular weight is 459 g/mol. The van der Waals surface area contributed by atoms with Gasteiger partial charge in [-0.3, -0.25) is 4.79 Å². The maximum Gasteiger partial charge on any atom is 0.257 e. The zero-order chi connectivity index (χ0) is 24.5. The first-order chi connectivity index (χ1) is 16.9. The summed E-state index contributed by atoms with van der Waals surface area (Å²) in [7, 11) is 0. The molecule has 1 amide bonds. The van der Waals surface area contributed by atoms with Gasteiger partial charge in [-0.25, -0.2) is 4.98 Å². The normalized spacial score (nSPS) is 11.5. The molecule has 0 saturated heterocycles. The molecule has 5 rings (SSSR count). The Labute approximate surface area is 206 Å². The summed E-state index contributed by atoms with van der Waals surface area (Å²) in [6, 6.07) is 30.7. The summed E-state index contributed by atoms with van der Waals surface area (Å²) in [6.07, 6.45) is 0. The Morgan fingerprint density at radius 3 is 2.06 bits per heavy atom. The van der Waals surface area contributed by atoms with E-state index < -0.39 is 0 Å². The summed E-state index contributed by atoms with van der Waals surface area (Å²) in [4.78, 5) is 18.7. The number of nitrogens with one attached hydrogen (secondary N) is 1. The largest absolute Gasteiger partial charge is 0.321 e. The molecule has 0 fully saturated rings. The van der Waals surface area contributed by atoms with Gasteiger partial charge in [0.2, 0.25) is 0 Å². The van der Waals surface area contributed by atoms with Crippen molar-refractivity contribution in [3.8, 4) is 11.3 Å². The van der Waals surface area contributed by atoms with Gasteiger partial charge in [0.15, 0.2) is 0 Å². The van der Waals surface area contributed by atoms with Gasteiger partial charge in [0.1, 0.15) is 0 Å². The number of fused-ring (bicyclic) bond motifs is 2. The van der Waals surface area contributed by atoms with E-state index >= 15 is 0 Å². The molecule has 0 bridgehead atoms. The fourth-order valence-corrected chi connectivity index (χ4v) is 4.81. The van der Waals surface area contributed by atoms with Crippen molar-refractivity contribution in [2.45, 2.75) is 39.5 Å². The molecule has 0 aliphatic heterocycles. The molecular formula is C32H30N2O. The fourth-order valence-electron chi connectivity index (χ4n) is 4.81. The SMILES string of the molecule is CC(C)c1cccc(C(C)C)c1NC(=O)c1cccc2ccc(-c3cccc4ccccc34)nc12. The van der Waals surface area contributed by atoms with Crippen LogP contribution in [-0.2, 0) is 0 Å². The Kier molecular flexibility index (Phi) is 6.08. The van der Waals surface area contributed by atoms with Crippen LogP contribution < -0.4 is 5.32 Å². The lowest BCUT2D eigenvalue weighted by atomic mass is 9.92. The molecule has 3 nitrogen and oxygen atoms in total. The molecule has 1 heterocycles. The third-order valence-corrected chi connectivity index (χ3v) is 6.64. The number of para-hydroxylation sites is 2. The lowest BCUT2D eigenvalue weighted by Gasteiger charge is -2.20. The maximum atomic E-state index is 13.7. The Hall–Kier alpha value is -3.98. The molecule has 5 aromatic rings. The summed E-state index contributed by atoms with van der Waals surface area (Å²) in [6.45, 7) is 8.63. The summed E-state index contributed by atoms with van der Waals surface area (Å²) >= 11 is 0. The lowest BCUT2D eigenvalue weighted by Crippen LogP contribution is -2.16. The van der Waals surface area contributed by atoms with E-state index in [1.807, 2.05) is 36.4 Å². The topological polar surface area (TPSA) is 42.0 Å². The smallest absolute Gasteiger partial charge is 0.257 e. The van der Waals surface area contributed by atoms with Crippen LogP contribution in [0.4, 0.5) is 5.69 Å². The van der Waals surface area contributed by atoms with Crippen LogP contribution in [0.1, 0.15) is 61.0 Å². The summed E-state index contributed by atoms with van der Waals surface area (Å²) in [5.74, 6) is 0.466. The molecule has 0 atom stereocenters. The lowest BCUT2D eigenvalue weighted by molar-refractivity contribution is 0.102. The molecule has 3 heteroatoms. The van der Waals surface area contributed by atoms with Crippen molar-refractivity contribution in [2.24, 2.45) is 0 Å². The van der Waals surface area contributed by atoms with Gasteiger partial charge in [0.05, 0.1) is 16.8 Å². The minimum atomic E-state index is -0.131.